The first-order valence-corrected chi connectivity index (χ1v) is 7.53. The quantitative estimate of drug-likeness (QED) is 0.714. The summed E-state index contributed by atoms with van der Waals surface area (Å²) in [6.07, 6.45) is 4.30. The van der Waals surface area contributed by atoms with E-state index in [2.05, 4.69) is 30.7 Å². The third-order valence-corrected chi connectivity index (χ3v) is 5.43. The molecule has 0 saturated carbocycles. The Labute approximate surface area is 109 Å². The number of rotatable bonds is 6. The number of hydrogen-bond donors (Lipinski definition) is 2. The van der Waals surface area contributed by atoms with E-state index in [-0.39, 0.29) is 10.7 Å². The number of thioether (sulfide) groups is 1. The molecule has 0 aromatic carbocycles. The molecular formula is C13H24N2OS. The maximum Gasteiger partial charge on any atom is 0.247 e. The highest BCUT2D eigenvalue weighted by Gasteiger charge is 2.26. The number of nitrogens with one attached hydrogen (secondary N) is 2. The molecule has 0 bridgehead atoms. The zero-order valence-electron chi connectivity index (χ0n) is 11.4. The van der Waals surface area contributed by atoms with E-state index in [4.69, 9.17) is 0 Å². The van der Waals surface area contributed by atoms with E-state index < -0.39 is 0 Å². The molecule has 1 saturated heterocycles. The molecule has 0 radical (unpaired) electrons. The van der Waals surface area contributed by atoms with Crippen LogP contribution in [-0.4, -0.2) is 36.5 Å². The van der Waals surface area contributed by atoms with Gasteiger partial charge in [-0.25, -0.2) is 0 Å². The molecule has 0 unspecified atom stereocenters. The van der Waals surface area contributed by atoms with Gasteiger partial charge in [0, 0.05) is 30.0 Å². The molecule has 1 aliphatic heterocycles. The van der Waals surface area contributed by atoms with Crippen LogP contribution in [0.1, 0.15) is 33.6 Å². The second kappa shape index (κ2) is 6.45. The van der Waals surface area contributed by atoms with Gasteiger partial charge in [0.05, 0.1) is 0 Å². The number of carbonyl (C=O) groups excluding carboxylic acids is 1. The first-order valence-electron chi connectivity index (χ1n) is 6.31. The van der Waals surface area contributed by atoms with Crippen molar-refractivity contribution < 1.29 is 4.79 Å². The van der Waals surface area contributed by atoms with Crippen LogP contribution in [0.3, 0.4) is 0 Å². The van der Waals surface area contributed by atoms with Gasteiger partial charge in [0.2, 0.25) is 5.91 Å². The van der Waals surface area contributed by atoms with Crippen LogP contribution in [0, 0.1) is 0 Å². The summed E-state index contributed by atoms with van der Waals surface area (Å²) in [7, 11) is 0. The maximum absolute atomic E-state index is 12.0. The van der Waals surface area contributed by atoms with Crippen molar-refractivity contribution in [3.05, 3.63) is 11.1 Å². The minimum absolute atomic E-state index is 0.0989. The van der Waals surface area contributed by atoms with Crippen molar-refractivity contribution in [3.63, 3.8) is 0 Å². The van der Waals surface area contributed by atoms with Gasteiger partial charge in [-0.1, -0.05) is 13.8 Å². The maximum atomic E-state index is 12.0. The standard InChI is InChI=1S/C13H24N2OS/c1-5-13(6-2,17-4)9-15-12(16)10(3)11-7-14-8-11/h14H,5-9H2,1-4H3,(H,15,16). The van der Waals surface area contributed by atoms with E-state index in [9.17, 15) is 4.79 Å². The lowest BCUT2D eigenvalue weighted by Crippen LogP contribution is -2.42. The lowest BCUT2D eigenvalue weighted by atomic mass is 10.0. The molecule has 0 spiro atoms. The van der Waals surface area contributed by atoms with E-state index in [1.54, 1.807) is 0 Å². The van der Waals surface area contributed by atoms with Crippen LogP contribution in [-0.2, 0) is 4.79 Å². The second-order valence-electron chi connectivity index (χ2n) is 4.61. The highest BCUT2D eigenvalue weighted by molar-refractivity contribution is 8.00. The van der Waals surface area contributed by atoms with Crippen molar-refractivity contribution >= 4 is 17.7 Å². The van der Waals surface area contributed by atoms with Gasteiger partial charge in [-0.15, -0.1) is 0 Å². The summed E-state index contributed by atoms with van der Waals surface area (Å²) in [6, 6.07) is 0. The molecule has 1 rings (SSSR count). The molecule has 1 heterocycles. The van der Waals surface area contributed by atoms with Crippen molar-refractivity contribution in [2.24, 2.45) is 0 Å². The van der Waals surface area contributed by atoms with Gasteiger partial charge < -0.3 is 10.6 Å². The Morgan fingerprint density at radius 2 is 2.00 bits per heavy atom. The summed E-state index contributed by atoms with van der Waals surface area (Å²) in [6.45, 7) is 8.80. The monoisotopic (exact) mass is 256 g/mol. The molecular weight excluding hydrogens is 232 g/mol. The Kier molecular flexibility index (Phi) is 5.53. The minimum Gasteiger partial charge on any atom is -0.351 e. The van der Waals surface area contributed by atoms with Crippen molar-refractivity contribution in [3.8, 4) is 0 Å². The van der Waals surface area contributed by atoms with Gasteiger partial charge in [-0.2, -0.15) is 11.8 Å². The second-order valence-corrected chi connectivity index (χ2v) is 5.88. The molecule has 0 aliphatic carbocycles. The van der Waals surface area contributed by atoms with Crippen LogP contribution >= 0.6 is 11.8 Å². The third-order valence-electron chi connectivity index (χ3n) is 3.84. The average molecular weight is 256 g/mol. The van der Waals surface area contributed by atoms with Gasteiger partial charge in [0.25, 0.3) is 0 Å². The van der Waals surface area contributed by atoms with Crippen LogP contribution in [0.5, 0.6) is 0 Å². The predicted octanol–water partition coefficient (Wildman–Crippen LogP) is 1.94. The van der Waals surface area contributed by atoms with Gasteiger partial charge >= 0.3 is 0 Å². The lowest BCUT2D eigenvalue weighted by Gasteiger charge is -2.30. The Morgan fingerprint density at radius 1 is 1.41 bits per heavy atom. The topological polar surface area (TPSA) is 41.1 Å². The molecule has 1 fully saturated rings. The smallest absolute Gasteiger partial charge is 0.247 e. The van der Waals surface area contributed by atoms with Gasteiger partial charge in [0.15, 0.2) is 0 Å². The molecule has 0 aromatic heterocycles. The number of hydrogen-bond acceptors (Lipinski definition) is 3. The Balaban J connectivity index is 2.52. The van der Waals surface area contributed by atoms with Gasteiger partial charge in [-0.05, 0) is 31.6 Å². The van der Waals surface area contributed by atoms with E-state index in [1.807, 2.05) is 18.7 Å². The summed E-state index contributed by atoms with van der Waals surface area (Å²) < 4.78 is 0.193. The zero-order chi connectivity index (χ0) is 12.9. The summed E-state index contributed by atoms with van der Waals surface area (Å²) in [5, 5.41) is 6.24. The van der Waals surface area contributed by atoms with Crippen molar-refractivity contribution in [2.45, 2.75) is 38.4 Å². The molecule has 0 atom stereocenters. The summed E-state index contributed by atoms with van der Waals surface area (Å²) >= 11 is 1.86. The highest BCUT2D eigenvalue weighted by Crippen LogP contribution is 2.29. The molecule has 2 N–H and O–H groups in total. The Hall–Kier alpha value is -0.480. The van der Waals surface area contributed by atoms with Crippen LogP contribution in [0.25, 0.3) is 0 Å². The number of carbonyl (C=O) groups is 1. The van der Waals surface area contributed by atoms with Crippen molar-refractivity contribution in [1.29, 1.82) is 0 Å². The molecule has 17 heavy (non-hydrogen) atoms. The fourth-order valence-electron chi connectivity index (χ4n) is 1.91. The molecule has 0 aromatic rings. The molecule has 1 aliphatic rings. The molecule has 4 heteroatoms. The summed E-state index contributed by atoms with van der Waals surface area (Å²) in [5.41, 5.74) is 2.14. The van der Waals surface area contributed by atoms with Crippen LogP contribution in [0.2, 0.25) is 0 Å². The predicted molar refractivity (Wildman–Crippen MR) is 75.4 cm³/mol. The Bertz CT molecular complexity index is 294. The fraction of sp³-hybridized carbons (Fsp3) is 0.769. The molecule has 1 amide bonds. The highest BCUT2D eigenvalue weighted by atomic mass is 32.2. The van der Waals surface area contributed by atoms with E-state index >= 15 is 0 Å². The molecule has 3 nitrogen and oxygen atoms in total. The SMILES string of the molecule is CCC(CC)(CNC(=O)C(C)=C1CNC1)SC. The van der Waals surface area contributed by atoms with E-state index in [0.29, 0.717) is 0 Å². The third kappa shape index (κ3) is 3.49. The van der Waals surface area contributed by atoms with Crippen LogP contribution < -0.4 is 10.6 Å². The largest absolute Gasteiger partial charge is 0.351 e. The van der Waals surface area contributed by atoms with Crippen molar-refractivity contribution in [2.75, 3.05) is 25.9 Å². The van der Waals surface area contributed by atoms with Gasteiger partial charge in [-0.3, -0.25) is 4.79 Å². The number of amides is 1. The van der Waals surface area contributed by atoms with Gasteiger partial charge in [0.1, 0.15) is 0 Å². The van der Waals surface area contributed by atoms with E-state index in [1.165, 1.54) is 5.57 Å². The average Bonchev–Trinajstić information content (AvgIpc) is 2.29. The van der Waals surface area contributed by atoms with Crippen LogP contribution in [0.4, 0.5) is 0 Å². The van der Waals surface area contributed by atoms with Crippen molar-refractivity contribution in [1.82, 2.24) is 10.6 Å². The fourth-order valence-corrected chi connectivity index (χ4v) is 2.70. The lowest BCUT2D eigenvalue weighted by molar-refractivity contribution is -0.117. The molecule has 98 valence electrons. The first-order chi connectivity index (χ1) is 8.08. The van der Waals surface area contributed by atoms with Crippen LogP contribution in [0.15, 0.2) is 11.1 Å². The summed E-state index contributed by atoms with van der Waals surface area (Å²) in [5.74, 6) is 0.0989. The first kappa shape index (κ1) is 14.6. The Morgan fingerprint density at radius 3 is 2.35 bits per heavy atom. The zero-order valence-corrected chi connectivity index (χ0v) is 12.2. The summed E-state index contributed by atoms with van der Waals surface area (Å²) in [4.78, 5) is 12.0. The minimum atomic E-state index is 0.0989. The normalized spacial score (nSPS) is 15.4. The van der Waals surface area contributed by atoms with E-state index in [0.717, 1.165) is 38.0 Å².